The van der Waals surface area contributed by atoms with E-state index in [2.05, 4.69) is 5.32 Å². The first-order valence-corrected chi connectivity index (χ1v) is 7.84. The van der Waals surface area contributed by atoms with Crippen molar-refractivity contribution >= 4 is 23.2 Å². The zero-order valence-electron chi connectivity index (χ0n) is 13.6. The van der Waals surface area contributed by atoms with Crippen LogP contribution in [0.4, 0.5) is 11.4 Å². The zero-order chi connectivity index (χ0) is 16.1. The van der Waals surface area contributed by atoms with Crippen molar-refractivity contribution in [2.45, 2.75) is 38.1 Å². The number of carbonyl (C=O) groups is 2. The quantitative estimate of drug-likeness (QED) is 0.873. The number of nitrogens with one attached hydrogen (secondary N) is 1. The smallest absolute Gasteiger partial charge is 0.313 e. The fraction of sp³-hybridized carbons (Fsp3) is 0.529. The third kappa shape index (κ3) is 4.00. The van der Waals surface area contributed by atoms with E-state index in [1.54, 1.807) is 24.1 Å². The van der Waals surface area contributed by atoms with Gasteiger partial charge in [-0.3, -0.25) is 9.59 Å². The Bertz CT molecular complexity index is 519. The van der Waals surface area contributed by atoms with Crippen LogP contribution in [0.1, 0.15) is 32.1 Å². The average molecular weight is 303 g/mol. The minimum absolute atomic E-state index is 0.197. The third-order valence-electron chi connectivity index (χ3n) is 4.28. The van der Waals surface area contributed by atoms with Crippen LogP contribution in [-0.4, -0.2) is 43.9 Å². The fourth-order valence-corrected chi connectivity index (χ4v) is 2.82. The summed E-state index contributed by atoms with van der Waals surface area (Å²) in [6.45, 7) is 0. The van der Waals surface area contributed by atoms with Crippen molar-refractivity contribution in [2.24, 2.45) is 0 Å². The Morgan fingerprint density at radius 3 is 2.14 bits per heavy atom. The molecule has 1 aromatic rings. The highest BCUT2D eigenvalue weighted by molar-refractivity contribution is 6.39. The van der Waals surface area contributed by atoms with Crippen molar-refractivity contribution in [1.29, 1.82) is 0 Å². The summed E-state index contributed by atoms with van der Waals surface area (Å²) < 4.78 is 0. The van der Waals surface area contributed by atoms with Crippen molar-refractivity contribution in [3.05, 3.63) is 24.3 Å². The Morgan fingerprint density at radius 2 is 1.59 bits per heavy atom. The van der Waals surface area contributed by atoms with E-state index in [1.165, 1.54) is 6.42 Å². The molecular weight excluding hydrogens is 278 g/mol. The molecule has 2 amide bonds. The van der Waals surface area contributed by atoms with E-state index in [0.29, 0.717) is 5.69 Å². The lowest BCUT2D eigenvalue weighted by Gasteiger charge is -2.30. The molecule has 1 aliphatic carbocycles. The highest BCUT2D eigenvalue weighted by atomic mass is 16.2. The number of anilines is 2. The van der Waals surface area contributed by atoms with E-state index in [-0.39, 0.29) is 6.04 Å². The lowest BCUT2D eigenvalue weighted by molar-refractivity contribution is -0.144. The standard InChI is InChI=1S/C17H25N3O2/c1-19(2)14-11-9-13(10-12-14)18-16(21)17(22)20(3)15-7-5-4-6-8-15/h9-12,15H,4-8H2,1-3H3,(H,18,21). The molecule has 0 atom stereocenters. The van der Waals surface area contributed by atoms with Crippen LogP contribution in [-0.2, 0) is 9.59 Å². The molecule has 1 aromatic carbocycles. The fourth-order valence-electron chi connectivity index (χ4n) is 2.82. The number of hydrogen-bond acceptors (Lipinski definition) is 3. The van der Waals surface area contributed by atoms with Crippen LogP contribution < -0.4 is 10.2 Å². The van der Waals surface area contributed by atoms with E-state index in [4.69, 9.17) is 0 Å². The van der Waals surface area contributed by atoms with Crippen molar-refractivity contribution in [3.8, 4) is 0 Å². The predicted molar refractivity (Wildman–Crippen MR) is 89.0 cm³/mol. The SMILES string of the molecule is CN(C)c1ccc(NC(=O)C(=O)N(C)C2CCCCC2)cc1. The van der Waals surface area contributed by atoms with Gasteiger partial charge >= 0.3 is 11.8 Å². The molecule has 0 aromatic heterocycles. The zero-order valence-corrected chi connectivity index (χ0v) is 13.6. The minimum Gasteiger partial charge on any atom is -0.378 e. The third-order valence-corrected chi connectivity index (χ3v) is 4.28. The van der Waals surface area contributed by atoms with Gasteiger partial charge in [0.2, 0.25) is 0 Å². The second-order valence-corrected chi connectivity index (χ2v) is 6.10. The van der Waals surface area contributed by atoms with Gasteiger partial charge in [-0.15, -0.1) is 0 Å². The van der Waals surface area contributed by atoms with Gasteiger partial charge in [0.15, 0.2) is 0 Å². The Labute approximate surface area is 132 Å². The molecule has 0 heterocycles. The summed E-state index contributed by atoms with van der Waals surface area (Å²) in [5.74, 6) is -1.02. The van der Waals surface area contributed by atoms with E-state index in [1.807, 2.05) is 31.1 Å². The first kappa shape index (κ1) is 16.3. The van der Waals surface area contributed by atoms with Gasteiger partial charge < -0.3 is 15.1 Å². The predicted octanol–water partition coefficient (Wildman–Crippen LogP) is 2.48. The van der Waals surface area contributed by atoms with Gasteiger partial charge in [-0.2, -0.15) is 0 Å². The number of hydrogen-bond donors (Lipinski definition) is 1. The van der Waals surface area contributed by atoms with Gasteiger partial charge in [0.05, 0.1) is 0 Å². The molecule has 1 fully saturated rings. The van der Waals surface area contributed by atoms with Crippen LogP contribution in [0.2, 0.25) is 0 Å². The molecule has 0 unspecified atom stereocenters. The van der Waals surface area contributed by atoms with E-state index >= 15 is 0 Å². The summed E-state index contributed by atoms with van der Waals surface area (Å²) in [7, 11) is 5.64. The van der Waals surface area contributed by atoms with Gasteiger partial charge in [-0.25, -0.2) is 0 Å². The second kappa shape index (κ2) is 7.29. The topological polar surface area (TPSA) is 52.7 Å². The lowest BCUT2D eigenvalue weighted by atomic mass is 9.94. The van der Waals surface area contributed by atoms with Crippen LogP contribution in [0.15, 0.2) is 24.3 Å². The van der Waals surface area contributed by atoms with Crippen molar-refractivity contribution in [2.75, 3.05) is 31.4 Å². The Morgan fingerprint density at radius 1 is 1.00 bits per heavy atom. The number of carbonyl (C=O) groups excluding carboxylic acids is 2. The van der Waals surface area contributed by atoms with E-state index < -0.39 is 11.8 Å². The largest absolute Gasteiger partial charge is 0.378 e. The summed E-state index contributed by atoms with van der Waals surface area (Å²) in [5.41, 5.74) is 1.68. The maximum Gasteiger partial charge on any atom is 0.313 e. The van der Waals surface area contributed by atoms with Crippen molar-refractivity contribution in [1.82, 2.24) is 4.90 Å². The second-order valence-electron chi connectivity index (χ2n) is 6.10. The molecule has 0 aliphatic heterocycles. The Balaban J connectivity index is 1.94. The lowest BCUT2D eigenvalue weighted by Crippen LogP contribution is -2.44. The monoisotopic (exact) mass is 303 g/mol. The normalized spacial score (nSPS) is 15.2. The first-order valence-electron chi connectivity index (χ1n) is 7.84. The summed E-state index contributed by atoms with van der Waals surface area (Å²) in [6, 6.07) is 7.63. The molecule has 22 heavy (non-hydrogen) atoms. The highest BCUT2D eigenvalue weighted by Crippen LogP contribution is 2.22. The number of benzene rings is 1. The molecule has 1 aliphatic rings. The molecule has 5 heteroatoms. The number of likely N-dealkylation sites (N-methyl/N-ethyl adjacent to an activating group) is 1. The van der Waals surface area contributed by atoms with E-state index in [0.717, 1.165) is 31.4 Å². The van der Waals surface area contributed by atoms with Crippen molar-refractivity contribution < 1.29 is 9.59 Å². The Kier molecular flexibility index (Phi) is 5.41. The van der Waals surface area contributed by atoms with Crippen LogP contribution >= 0.6 is 0 Å². The average Bonchev–Trinajstić information content (AvgIpc) is 2.54. The van der Waals surface area contributed by atoms with Crippen LogP contribution in [0.3, 0.4) is 0 Å². The summed E-state index contributed by atoms with van der Waals surface area (Å²) in [5, 5.41) is 2.68. The summed E-state index contributed by atoms with van der Waals surface area (Å²) >= 11 is 0. The first-order chi connectivity index (χ1) is 10.5. The van der Waals surface area contributed by atoms with Gasteiger partial charge in [-0.05, 0) is 37.1 Å². The van der Waals surface area contributed by atoms with E-state index in [9.17, 15) is 9.59 Å². The van der Waals surface area contributed by atoms with Gasteiger partial charge in [-0.1, -0.05) is 19.3 Å². The van der Waals surface area contributed by atoms with Crippen LogP contribution in [0.25, 0.3) is 0 Å². The number of amides is 2. The van der Waals surface area contributed by atoms with Gasteiger partial charge in [0, 0.05) is 38.6 Å². The number of nitrogens with zero attached hydrogens (tertiary/aromatic N) is 2. The van der Waals surface area contributed by atoms with Crippen LogP contribution in [0.5, 0.6) is 0 Å². The molecule has 120 valence electrons. The minimum atomic E-state index is -0.564. The molecule has 1 saturated carbocycles. The number of rotatable bonds is 3. The maximum atomic E-state index is 12.2. The molecule has 1 N–H and O–H groups in total. The Hall–Kier alpha value is -2.04. The highest BCUT2D eigenvalue weighted by Gasteiger charge is 2.26. The molecule has 0 saturated heterocycles. The molecule has 0 bridgehead atoms. The van der Waals surface area contributed by atoms with Gasteiger partial charge in [0.25, 0.3) is 0 Å². The molecule has 0 spiro atoms. The van der Waals surface area contributed by atoms with Crippen LogP contribution in [0, 0.1) is 0 Å². The summed E-state index contributed by atoms with van der Waals surface area (Å²) in [4.78, 5) is 27.9. The summed E-state index contributed by atoms with van der Waals surface area (Å²) in [6.07, 6.45) is 5.48. The molecule has 2 rings (SSSR count). The molecule has 5 nitrogen and oxygen atoms in total. The van der Waals surface area contributed by atoms with Crippen molar-refractivity contribution in [3.63, 3.8) is 0 Å². The maximum absolute atomic E-state index is 12.2. The van der Waals surface area contributed by atoms with Gasteiger partial charge in [0.1, 0.15) is 0 Å². The molecular formula is C17H25N3O2. The molecule has 0 radical (unpaired) electrons.